The SMILES string of the molecule is Cc1ccc(S(=O)(=O)NC23CCC(O)(CC2)C3)cc1-c1cnc2c(N)nc(C(F)(F)F)nn12. The van der Waals surface area contributed by atoms with Crippen LogP contribution >= 0.6 is 0 Å². The van der Waals surface area contributed by atoms with E-state index in [1.807, 2.05) is 0 Å². The van der Waals surface area contributed by atoms with Crippen molar-refractivity contribution in [3.8, 4) is 11.3 Å². The Bertz CT molecular complexity index is 1380. The summed E-state index contributed by atoms with van der Waals surface area (Å²) in [4.78, 5) is 7.25. The van der Waals surface area contributed by atoms with Crippen LogP contribution in [-0.2, 0) is 16.2 Å². The van der Waals surface area contributed by atoms with Gasteiger partial charge in [-0.3, -0.25) is 0 Å². The Morgan fingerprint density at radius 3 is 2.52 bits per heavy atom. The van der Waals surface area contributed by atoms with Crippen molar-refractivity contribution in [2.45, 2.75) is 61.2 Å². The molecular formula is C20H21F3N6O3S. The summed E-state index contributed by atoms with van der Waals surface area (Å²) < 4.78 is 69.7. The minimum atomic E-state index is -4.82. The van der Waals surface area contributed by atoms with E-state index in [2.05, 4.69) is 19.8 Å². The van der Waals surface area contributed by atoms with Gasteiger partial charge in [0, 0.05) is 11.1 Å². The van der Waals surface area contributed by atoms with Gasteiger partial charge in [0.05, 0.1) is 22.4 Å². The van der Waals surface area contributed by atoms with Gasteiger partial charge in [-0.25, -0.2) is 27.6 Å². The first-order chi connectivity index (χ1) is 15.3. The van der Waals surface area contributed by atoms with Crippen LogP contribution in [0.4, 0.5) is 19.0 Å². The second-order valence-electron chi connectivity index (χ2n) is 8.96. The monoisotopic (exact) mass is 482 g/mol. The van der Waals surface area contributed by atoms with Crippen LogP contribution in [0, 0.1) is 6.92 Å². The molecule has 2 saturated carbocycles. The molecule has 33 heavy (non-hydrogen) atoms. The maximum Gasteiger partial charge on any atom is 0.453 e. The molecule has 2 heterocycles. The first-order valence-corrected chi connectivity index (χ1v) is 11.8. The van der Waals surface area contributed by atoms with Gasteiger partial charge >= 0.3 is 6.18 Å². The third-order valence-corrected chi connectivity index (χ3v) is 8.17. The highest BCUT2D eigenvalue weighted by Crippen LogP contribution is 2.51. The molecule has 0 aliphatic heterocycles. The lowest BCUT2D eigenvalue weighted by Gasteiger charge is -2.27. The van der Waals surface area contributed by atoms with E-state index in [1.165, 1.54) is 18.3 Å². The summed E-state index contributed by atoms with van der Waals surface area (Å²) in [6, 6.07) is 4.37. The number of nitrogens with one attached hydrogen (secondary N) is 1. The molecule has 2 bridgehead atoms. The second kappa shape index (κ2) is 6.87. The molecule has 0 amide bonds. The fourth-order valence-corrected chi connectivity index (χ4v) is 6.39. The number of alkyl halides is 3. The first kappa shape index (κ1) is 22.0. The number of nitrogen functional groups attached to an aromatic ring is 1. The van der Waals surface area contributed by atoms with E-state index < -0.39 is 39.0 Å². The third kappa shape index (κ3) is 3.63. The Morgan fingerprint density at radius 1 is 1.21 bits per heavy atom. The van der Waals surface area contributed by atoms with E-state index in [1.54, 1.807) is 13.0 Å². The van der Waals surface area contributed by atoms with Gasteiger partial charge in [0.2, 0.25) is 10.0 Å². The first-order valence-electron chi connectivity index (χ1n) is 10.3. The molecule has 0 unspecified atom stereocenters. The molecule has 2 aromatic heterocycles. The molecule has 2 aliphatic carbocycles. The van der Waals surface area contributed by atoms with Crippen molar-refractivity contribution in [3.63, 3.8) is 0 Å². The minimum absolute atomic E-state index is 0.0483. The quantitative estimate of drug-likeness (QED) is 0.520. The zero-order chi connectivity index (χ0) is 23.8. The number of sulfonamides is 1. The van der Waals surface area contributed by atoms with Gasteiger partial charge in [-0.15, -0.1) is 5.10 Å². The van der Waals surface area contributed by atoms with E-state index in [-0.39, 0.29) is 16.2 Å². The molecule has 13 heteroatoms. The lowest BCUT2D eigenvalue weighted by Crippen LogP contribution is -2.44. The van der Waals surface area contributed by atoms with Gasteiger partial charge in [0.15, 0.2) is 11.5 Å². The highest BCUT2D eigenvalue weighted by Gasteiger charge is 2.55. The van der Waals surface area contributed by atoms with Crippen LogP contribution in [0.5, 0.6) is 0 Å². The van der Waals surface area contributed by atoms with Crippen molar-refractivity contribution < 1.29 is 26.7 Å². The van der Waals surface area contributed by atoms with E-state index in [4.69, 9.17) is 5.73 Å². The second-order valence-corrected chi connectivity index (χ2v) is 10.6. The number of fused-ring (bicyclic) bond motifs is 3. The van der Waals surface area contributed by atoms with Crippen molar-refractivity contribution in [2.24, 2.45) is 0 Å². The van der Waals surface area contributed by atoms with Crippen molar-refractivity contribution in [1.82, 2.24) is 24.3 Å². The molecule has 2 aliphatic rings. The Morgan fingerprint density at radius 2 is 1.91 bits per heavy atom. The molecule has 0 spiro atoms. The van der Waals surface area contributed by atoms with Crippen molar-refractivity contribution >= 4 is 21.5 Å². The molecule has 4 N–H and O–H groups in total. The average molecular weight is 482 g/mol. The molecule has 0 saturated heterocycles. The van der Waals surface area contributed by atoms with Crippen molar-refractivity contribution in [3.05, 3.63) is 35.8 Å². The molecule has 176 valence electrons. The molecule has 3 aromatic rings. The standard InChI is InChI=1S/C20H21F3N6O3S/c1-11-2-3-12(33(31,32)28-18-4-6-19(30,10-18)7-5-18)8-13(11)14-9-25-16-15(24)26-17(20(21,22)23)27-29(14)16/h2-3,8-9,28,30H,4-7,10H2,1H3,(H2,24,26,27). The smallest absolute Gasteiger partial charge is 0.390 e. The molecule has 0 atom stereocenters. The van der Waals surface area contributed by atoms with Crippen molar-refractivity contribution in [2.75, 3.05) is 5.73 Å². The predicted octanol–water partition coefficient (Wildman–Crippen LogP) is 2.43. The number of rotatable bonds is 4. The number of hydrogen-bond donors (Lipinski definition) is 3. The number of imidazole rings is 1. The molecule has 9 nitrogen and oxygen atoms in total. The lowest BCUT2D eigenvalue weighted by molar-refractivity contribution is -0.145. The third-order valence-electron chi connectivity index (χ3n) is 6.59. The number of aliphatic hydroxyl groups is 1. The highest BCUT2D eigenvalue weighted by molar-refractivity contribution is 7.89. The summed E-state index contributed by atoms with van der Waals surface area (Å²) >= 11 is 0. The highest BCUT2D eigenvalue weighted by atomic mass is 32.2. The number of benzene rings is 1. The van der Waals surface area contributed by atoms with E-state index in [0.29, 0.717) is 43.2 Å². The minimum Gasteiger partial charge on any atom is -0.390 e. The number of anilines is 1. The van der Waals surface area contributed by atoms with Gasteiger partial charge in [-0.1, -0.05) is 6.07 Å². The van der Waals surface area contributed by atoms with Crippen LogP contribution in [0.2, 0.25) is 0 Å². The largest absolute Gasteiger partial charge is 0.453 e. The zero-order valence-electron chi connectivity index (χ0n) is 17.5. The molecule has 2 fully saturated rings. The normalized spacial score (nSPS) is 25.2. The summed E-state index contributed by atoms with van der Waals surface area (Å²) in [6.45, 7) is 1.69. The van der Waals surface area contributed by atoms with Crippen LogP contribution in [0.1, 0.15) is 43.5 Å². The number of nitrogens with two attached hydrogens (primary N) is 1. The molecule has 0 radical (unpaired) electrons. The number of aromatic nitrogens is 4. The summed E-state index contributed by atoms with van der Waals surface area (Å²) in [5.41, 5.74) is 5.16. The van der Waals surface area contributed by atoms with Crippen LogP contribution in [0.3, 0.4) is 0 Å². The summed E-state index contributed by atoms with van der Waals surface area (Å²) in [5, 5.41) is 14.0. The topological polar surface area (TPSA) is 136 Å². The van der Waals surface area contributed by atoms with Gasteiger partial charge in [0.25, 0.3) is 5.82 Å². The van der Waals surface area contributed by atoms with Gasteiger partial charge in [-0.05, 0) is 56.7 Å². The number of hydrogen-bond acceptors (Lipinski definition) is 7. The van der Waals surface area contributed by atoms with Gasteiger partial charge in [0.1, 0.15) is 0 Å². The molecular weight excluding hydrogens is 461 g/mol. The van der Waals surface area contributed by atoms with Gasteiger partial charge in [-0.2, -0.15) is 13.2 Å². The fraction of sp³-hybridized carbons (Fsp3) is 0.450. The van der Waals surface area contributed by atoms with E-state index in [9.17, 15) is 26.7 Å². The fourth-order valence-electron chi connectivity index (χ4n) is 4.91. The Balaban J connectivity index is 1.57. The zero-order valence-corrected chi connectivity index (χ0v) is 18.3. The summed E-state index contributed by atoms with van der Waals surface area (Å²) in [5.74, 6) is -1.87. The lowest BCUT2D eigenvalue weighted by atomic mass is 9.94. The maximum absolute atomic E-state index is 13.2. The number of aryl methyl sites for hydroxylation is 1. The van der Waals surface area contributed by atoms with E-state index in [0.717, 1.165) is 4.52 Å². The number of halogens is 3. The molecule has 5 rings (SSSR count). The summed E-state index contributed by atoms with van der Waals surface area (Å²) in [7, 11) is -3.97. The predicted molar refractivity (Wildman–Crippen MR) is 111 cm³/mol. The Labute approximate surface area is 186 Å². The van der Waals surface area contributed by atoms with E-state index >= 15 is 0 Å². The van der Waals surface area contributed by atoms with Crippen LogP contribution < -0.4 is 10.5 Å². The summed E-state index contributed by atoms with van der Waals surface area (Å²) in [6.07, 6.45) is -1.01. The Kier molecular flexibility index (Phi) is 4.59. The maximum atomic E-state index is 13.2. The van der Waals surface area contributed by atoms with Crippen LogP contribution in [0.15, 0.2) is 29.3 Å². The number of nitrogens with zero attached hydrogens (tertiary/aromatic N) is 4. The van der Waals surface area contributed by atoms with Crippen LogP contribution in [-0.4, -0.2) is 44.2 Å². The van der Waals surface area contributed by atoms with Crippen LogP contribution in [0.25, 0.3) is 16.9 Å². The average Bonchev–Trinajstić information content (AvgIpc) is 3.37. The molecule has 1 aromatic carbocycles. The van der Waals surface area contributed by atoms with Gasteiger partial charge < -0.3 is 10.8 Å². The Hall–Kier alpha value is -2.77. The van der Waals surface area contributed by atoms with Crippen molar-refractivity contribution in [1.29, 1.82) is 0 Å².